The molecule has 1 aliphatic rings. The lowest BCUT2D eigenvalue weighted by Crippen LogP contribution is -2.50. The van der Waals surface area contributed by atoms with Crippen molar-refractivity contribution in [3.63, 3.8) is 0 Å². The van der Waals surface area contributed by atoms with E-state index in [-0.39, 0.29) is 23.9 Å². The first-order chi connectivity index (χ1) is 9.95. The first kappa shape index (κ1) is 15.9. The first-order valence-corrected chi connectivity index (χ1v) is 8.42. The van der Waals surface area contributed by atoms with Gasteiger partial charge in [-0.2, -0.15) is 4.31 Å². The van der Waals surface area contributed by atoms with Gasteiger partial charge in [0.25, 0.3) is 0 Å². The minimum atomic E-state index is -3.69. The van der Waals surface area contributed by atoms with Crippen molar-refractivity contribution in [3.05, 3.63) is 30.1 Å². The van der Waals surface area contributed by atoms with Crippen molar-refractivity contribution in [1.29, 1.82) is 0 Å². The van der Waals surface area contributed by atoms with Gasteiger partial charge >= 0.3 is 0 Å². The van der Waals surface area contributed by atoms with E-state index in [2.05, 4.69) is 0 Å². The van der Waals surface area contributed by atoms with Gasteiger partial charge in [0, 0.05) is 32.6 Å². The van der Waals surface area contributed by atoms with Crippen molar-refractivity contribution in [2.45, 2.75) is 24.7 Å². The largest absolute Gasteiger partial charge is 0.340 e. The second-order valence-electron chi connectivity index (χ2n) is 4.99. The van der Waals surface area contributed by atoms with E-state index in [1.165, 1.54) is 22.5 Å². The topological polar surface area (TPSA) is 57.7 Å². The molecule has 0 saturated carbocycles. The van der Waals surface area contributed by atoms with E-state index in [4.69, 9.17) is 0 Å². The molecule has 0 bridgehead atoms. The number of halogens is 1. The summed E-state index contributed by atoms with van der Waals surface area (Å²) in [5.41, 5.74) is 0. The fraction of sp³-hybridized carbons (Fsp3) is 0.500. The Kier molecular flexibility index (Phi) is 4.95. The highest BCUT2D eigenvalue weighted by molar-refractivity contribution is 7.89. The molecule has 5 nitrogen and oxygen atoms in total. The molecule has 0 unspecified atom stereocenters. The van der Waals surface area contributed by atoms with E-state index in [0.717, 1.165) is 12.5 Å². The molecule has 116 valence electrons. The number of hydrogen-bond donors (Lipinski definition) is 0. The molecule has 2 rings (SSSR count). The third-order valence-electron chi connectivity index (χ3n) is 3.49. The zero-order chi connectivity index (χ0) is 15.5. The number of nitrogens with zero attached hydrogens (tertiary/aromatic N) is 2. The second kappa shape index (κ2) is 6.53. The molecule has 0 spiro atoms. The van der Waals surface area contributed by atoms with Crippen LogP contribution in [0, 0.1) is 5.82 Å². The Morgan fingerprint density at radius 1 is 1.24 bits per heavy atom. The summed E-state index contributed by atoms with van der Waals surface area (Å²) in [5, 5.41) is 0. The average Bonchev–Trinajstić information content (AvgIpc) is 2.47. The monoisotopic (exact) mass is 314 g/mol. The Hall–Kier alpha value is -1.47. The van der Waals surface area contributed by atoms with Gasteiger partial charge in [-0.1, -0.05) is 13.0 Å². The molecule has 7 heteroatoms. The molecule has 0 aromatic heterocycles. The molecule has 0 N–H and O–H groups in total. The predicted molar refractivity (Wildman–Crippen MR) is 76.6 cm³/mol. The highest BCUT2D eigenvalue weighted by Crippen LogP contribution is 2.18. The summed E-state index contributed by atoms with van der Waals surface area (Å²) in [6.07, 6.45) is 1.26. The Morgan fingerprint density at radius 3 is 2.48 bits per heavy atom. The number of carbonyl (C=O) groups is 1. The zero-order valence-corrected chi connectivity index (χ0v) is 12.8. The van der Waals surface area contributed by atoms with Crippen molar-refractivity contribution in [1.82, 2.24) is 9.21 Å². The van der Waals surface area contributed by atoms with Crippen molar-refractivity contribution in [2.24, 2.45) is 0 Å². The van der Waals surface area contributed by atoms with Gasteiger partial charge in [0.2, 0.25) is 15.9 Å². The highest BCUT2D eigenvalue weighted by atomic mass is 32.2. The van der Waals surface area contributed by atoms with Crippen LogP contribution in [-0.2, 0) is 14.8 Å². The van der Waals surface area contributed by atoms with Crippen LogP contribution < -0.4 is 0 Å². The van der Waals surface area contributed by atoms with E-state index in [0.29, 0.717) is 19.5 Å². The molecule has 0 aliphatic carbocycles. The third kappa shape index (κ3) is 3.59. The number of carbonyl (C=O) groups excluding carboxylic acids is 1. The van der Waals surface area contributed by atoms with E-state index in [9.17, 15) is 17.6 Å². The van der Waals surface area contributed by atoms with Gasteiger partial charge in [-0.25, -0.2) is 12.8 Å². The fourth-order valence-corrected chi connectivity index (χ4v) is 3.78. The van der Waals surface area contributed by atoms with Gasteiger partial charge in [-0.3, -0.25) is 4.79 Å². The van der Waals surface area contributed by atoms with Gasteiger partial charge < -0.3 is 4.90 Å². The van der Waals surface area contributed by atoms with Gasteiger partial charge in [0.1, 0.15) is 5.82 Å². The van der Waals surface area contributed by atoms with Gasteiger partial charge in [0.15, 0.2) is 0 Å². The number of sulfonamides is 1. The maximum absolute atomic E-state index is 13.2. The molecule has 1 aromatic carbocycles. The van der Waals surface area contributed by atoms with Crippen LogP contribution in [0.3, 0.4) is 0 Å². The quantitative estimate of drug-likeness (QED) is 0.845. The van der Waals surface area contributed by atoms with Crippen LogP contribution in [0.5, 0.6) is 0 Å². The fourth-order valence-electron chi connectivity index (χ4n) is 2.33. The van der Waals surface area contributed by atoms with E-state index in [1.54, 1.807) is 4.90 Å². The standard InChI is InChI=1S/C14H19FN2O3S/c1-2-4-14(18)16-7-9-17(10-8-16)21(19,20)13-6-3-5-12(15)11-13/h3,5-6,11H,2,4,7-10H2,1H3. The summed E-state index contributed by atoms with van der Waals surface area (Å²) < 4.78 is 39.3. The van der Waals surface area contributed by atoms with Crippen LogP contribution in [-0.4, -0.2) is 49.7 Å². The summed E-state index contributed by atoms with van der Waals surface area (Å²) in [5.74, 6) is -0.520. The molecule has 1 aromatic rings. The summed E-state index contributed by atoms with van der Waals surface area (Å²) in [6.45, 7) is 3.19. The number of benzene rings is 1. The molecular formula is C14H19FN2O3S. The Bertz CT molecular complexity index is 610. The van der Waals surface area contributed by atoms with Gasteiger partial charge in [0.05, 0.1) is 4.90 Å². The lowest BCUT2D eigenvalue weighted by atomic mass is 10.2. The van der Waals surface area contributed by atoms with E-state index >= 15 is 0 Å². The van der Waals surface area contributed by atoms with Gasteiger partial charge in [-0.15, -0.1) is 0 Å². The van der Waals surface area contributed by atoms with E-state index < -0.39 is 15.8 Å². The van der Waals surface area contributed by atoms with Crippen molar-refractivity contribution >= 4 is 15.9 Å². The van der Waals surface area contributed by atoms with Crippen LogP contribution in [0.4, 0.5) is 4.39 Å². The highest BCUT2D eigenvalue weighted by Gasteiger charge is 2.29. The SMILES string of the molecule is CCCC(=O)N1CCN(S(=O)(=O)c2cccc(F)c2)CC1. The number of hydrogen-bond acceptors (Lipinski definition) is 3. The molecule has 1 fully saturated rings. The lowest BCUT2D eigenvalue weighted by molar-refractivity contribution is -0.132. The van der Waals surface area contributed by atoms with Crippen molar-refractivity contribution in [3.8, 4) is 0 Å². The Morgan fingerprint density at radius 2 is 1.90 bits per heavy atom. The number of rotatable bonds is 4. The van der Waals surface area contributed by atoms with E-state index in [1.807, 2.05) is 6.92 Å². The molecule has 21 heavy (non-hydrogen) atoms. The van der Waals surface area contributed by atoms with Crippen molar-refractivity contribution < 1.29 is 17.6 Å². The molecule has 1 aliphatic heterocycles. The maximum Gasteiger partial charge on any atom is 0.243 e. The second-order valence-corrected chi connectivity index (χ2v) is 6.93. The maximum atomic E-state index is 13.2. The van der Waals surface area contributed by atoms with Crippen LogP contribution in [0.2, 0.25) is 0 Å². The Labute approximate surface area is 124 Å². The van der Waals surface area contributed by atoms with Gasteiger partial charge in [-0.05, 0) is 24.6 Å². The smallest absolute Gasteiger partial charge is 0.243 e. The summed E-state index contributed by atoms with van der Waals surface area (Å²) >= 11 is 0. The third-order valence-corrected chi connectivity index (χ3v) is 5.38. The number of amides is 1. The van der Waals surface area contributed by atoms with Crippen LogP contribution in [0.25, 0.3) is 0 Å². The average molecular weight is 314 g/mol. The first-order valence-electron chi connectivity index (χ1n) is 6.98. The molecule has 1 saturated heterocycles. The molecule has 1 amide bonds. The summed E-state index contributed by atoms with van der Waals surface area (Å²) in [4.78, 5) is 13.4. The Balaban J connectivity index is 2.06. The van der Waals surface area contributed by atoms with Crippen LogP contribution >= 0.6 is 0 Å². The summed E-state index contributed by atoms with van der Waals surface area (Å²) in [6, 6.07) is 4.99. The van der Waals surface area contributed by atoms with Crippen molar-refractivity contribution in [2.75, 3.05) is 26.2 Å². The summed E-state index contributed by atoms with van der Waals surface area (Å²) in [7, 11) is -3.69. The van der Waals surface area contributed by atoms with Crippen LogP contribution in [0.1, 0.15) is 19.8 Å². The predicted octanol–water partition coefficient (Wildman–Crippen LogP) is 1.46. The normalized spacial score (nSPS) is 17.0. The van der Waals surface area contributed by atoms with Crippen LogP contribution in [0.15, 0.2) is 29.2 Å². The minimum absolute atomic E-state index is 0.0455. The molecule has 0 radical (unpaired) electrons. The zero-order valence-electron chi connectivity index (χ0n) is 12.0. The number of piperazine rings is 1. The molecule has 0 atom stereocenters. The minimum Gasteiger partial charge on any atom is -0.340 e. The lowest BCUT2D eigenvalue weighted by Gasteiger charge is -2.34. The molecule has 1 heterocycles. The molecular weight excluding hydrogens is 295 g/mol.